The second-order valence-corrected chi connectivity index (χ2v) is 14.2. The van der Waals surface area contributed by atoms with Crippen molar-refractivity contribution in [3.63, 3.8) is 0 Å². The van der Waals surface area contributed by atoms with Crippen molar-refractivity contribution in [3.05, 3.63) is 0 Å². The molecule has 9 rings (SSSR count). The minimum Gasteiger partial charge on any atom is -0.378 e. The van der Waals surface area contributed by atoms with Crippen LogP contribution in [0.4, 0.5) is 0 Å². The highest BCUT2D eigenvalue weighted by molar-refractivity contribution is 5.84. The fourth-order valence-corrected chi connectivity index (χ4v) is 10.9. The topological polar surface area (TPSA) is 59.1 Å². The molecule has 200 valence electrons. The van der Waals surface area contributed by atoms with Crippen LogP contribution >= 0.6 is 0 Å². The number of hydrogen-bond donors (Lipinski definition) is 0. The zero-order chi connectivity index (χ0) is 24.3. The van der Waals surface area contributed by atoms with Gasteiger partial charge in [-0.05, 0) is 113 Å². The third-order valence-electron chi connectivity index (χ3n) is 11.6. The maximum atomic E-state index is 13.9. The highest BCUT2D eigenvalue weighted by Crippen LogP contribution is 2.61. The summed E-state index contributed by atoms with van der Waals surface area (Å²) in [7, 11) is 0. The molecule has 0 aromatic rings. The van der Waals surface area contributed by atoms with E-state index in [0.717, 1.165) is 74.0 Å². The maximum Gasteiger partial charge on any atom is 0.228 e. The fraction of sp³-hybridized carbons (Fsp3) is 0.933. The van der Waals surface area contributed by atoms with Gasteiger partial charge in [0.15, 0.2) is 0 Å². The second kappa shape index (κ2) is 9.25. The first-order valence-corrected chi connectivity index (χ1v) is 15.2. The van der Waals surface area contributed by atoms with Crippen LogP contribution in [0.5, 0.6) is 0 Å². The van der Waals surface area contributed by atoms with Gasteiger partial charge in [-0.25, -0.2) is 0 Å². The summed E-state index contributed by atoms with van der Waals surface area (Å²) in [6.07, 6.45) is 14.8. The molecule has 0 unspecified atom stereocenters. The average Bonchev–Trinajstić information content (AvgIpc) is 2.82. The van der Waals surface area contributed by atoms with Gasteiger partial charge in [-0.15, -0.1) is 0 Å². The summed E-state index contributed by atoms with van der Waals surface area (Å²) in [4.78, 5) is 31.9. The van der Waals surface area contributed by atoms with Crippen LogP contribution in [-0.4, -0.2) is 74.2 Å². The largest absolute Gasteiger partial charge is 0.378 e. The quantitative estimate of drug-likeness (QED) is 0.575. The molecule has 0 aromatic carbocycles. The first-order valence-electron chi connectivity index (χ1n) is 15.2. The van der Waals surface area contributed by atoms with Gasteiger partial charge in [-0.3, -0.25) is 9.59 Å². The first kappa shape index (κ1) is 23.9. The fourth-order valence-electron chi connectivity index (χ4n) is 10.9. The van der Waals surface area contributed by atoms with Crippen LogP contribution in [0.15, 0.2) is 0 Å². The Bertz CT molecular complexity index is 718. The third-order valence-corrected chi connectivity index (χ3v) is 11.6. The molecule has 0 spiro atoms. The van der Waals surface area contributed by atoms with E-state index in [2.05, 4.69) is 9.80 Å². The monoisotopic (exact) mass is 498 g/mol. The molecule has 9 fully saturated rings. The highest BCUT2D eigenvalue weighted by Gasteiger charge is 2.56. The zero-order valence-electron chi connectivity index (χ0n) is 22.1. The van der Waals surface area contributed by atoms with E-state index >= 15 is 0 Å². The SMILES string of the molecule is O=C(N1CCOCCN(C(=O)C23CC4CC(CC(C4)C2)C3)CCOCC1)C12CC3CC(CC(C3)C1)C2. The standard InChI is InChI=1S/C30H46N2O4/c33-27(29-15-21-9-22(16-29)11-23(10-21)17-29)31-1-5-35-7-3-32(4-8-36-6-2-31)28(34)30-18-24-12-25(19-30)14-26(13-24)20-30/h21-26H,1-20H2. The Hall–Kier alpha value is -1.14. The molecule has 1 saturated heterocycles. The molecule has 2 amide bonds. The zero-order valence-corrected chi connectivity index (χ0v) is 22.1. The van der Waals surface area contributed by atoms with Gasteiger partial charge >= 0.3 is 0 Å². The van der Waals surface area contributed by atoms with Crippen molar-refractivity contribution in [1.29, 1.82) is 0 Å². The lowest BCUT2D eigenvalue weighted by molar-refractivity contribution is -0.161. The van der Waals surface area contributed by atoms with Crippen molar-refractivity contribution < 1.29 is 19.1 Å². The van der Waals surface area contributed by atoms with Gasteiger partial charge in [0.05, 0.1) is 37.3 Å². The van der Waals surface area contributed by atoms with Crippen molar-refractivity contribution in [2.45, 2.75) is 77.0 Å². The number of carbonyl (C=O) groups excluding carboxylic acids is 2. The van der Waals surface area contributed by atoms with E-state index in [9.17, 15) is 9.59 Å². The van der Waals surface area contributed by atoms with E-state index < -0.39 is 0 Å². The molecule has 0 N–H and O–H groups in total. The van der Waals surface area contributed by atoms with Crippen molar-refractivity contribution in [3.8, 4) is 0 Å². The third kappa shape index (κ3) is 4.22. The Morgan fingerprint density at radius 3 is 0.972 bits per heavy atom. The Labute approximate surface area is 216 Å². The van der Waals surface area contributed by atoms with E-state index in [1.54, 1.807) is 0 Å². The first-order chi connectivity index (χ1) is 17.5. The van der Waals surface area contributed by atoms with E-state index in [0.29, 0.717) is 64.4 Å². The summed E-state index contributed by atoms with van der Waals surface area (Å²) >= 11 is 0. The Morgan fingerprint density at radius 1 is 0.472 bits per heavy atom. The van der Waals surface area contributed by atoms with Crippen LogP contribution in [-0.2, 0) is 19.1 Å². The summed E-state index contributed by atoms with van der Waals surface area (Å²) in [5, 5.41) is 0. The summed E-state index contributed by atoms with van der Waals surface area (Å²) in [6, 6.07) is 0. The molecule has 0 aromatic heterocycles. The van der Waals surface area contributed by atoms with Crippen LogP contribution in [0.25, 0.3) is 0 Å². The smallest absolute Gasteiger partial charge is 0.228 e. The predicted octanol–water partition coefficient (Wildman–Crippen LogP) is 4.12. The van der Waals surface area contributed by atoms with Crippen LogP contribution in [0.1, 0.15) is 77.0 Å². The Morgan fingerprint density at radius 2 is 0.722 bits per heavy atom. The van der Waals surface area contributed by atoms with Gasteiger partial charge in [0.1, 0.15) is 0 Å². The molecule has 6 heteroatoms. The molecule has 8 bridgehead atoms. The maximum absolute atomic E-state index is 13.9. The predicted molar refractivity (Wildman–Crippen MR) is 136 cm³/mol. The molecule has 9 aliphatic rings. The van der Waals surface area contributed by atoms with E-state index in [4.69, 9.17) is 9.47 Å². The minimum absolute atomic E-state index is 0.104. The van der Waals surface area contributed by atoms with Crippen LogP contribution < -0.4 is 0 Å². The lowest BCUT2D eigenvalue weighted by atomic mass is 9.49. The van der Waals surface area contributed by atoms with Crippen LogP contribution in [0.2, 0.25) is 0 Å². The number of rotatable bonds is 2. The van der Waals surface area contributed by atoms with Crippen molar-refractivity contribution in [1.82, 2.24) is 9.80 Å². The van der Waals surface area contributed by atoms with Crippen molar-refractivity contribution in [2.75, 3.05) is 52.6 Å². The Kier molecular flexibility index (Phi) is 6.15. The summed E-state index contributed by atoms with van der Waals surface area (Å²) < 4.78 is 12.2. The molecular formula is C30H46N2O4. The minimum atomic E-state index is -0.104. The van der Waals surface area contributed by atoms with Crippen LogP contribution in [0.3, 0.4) is 0 Å². The van der Waals surface area contributed by atoms with Gasteiger partial charge in [-0.2, -0.15) is 0 Å². The summed E-state index contributed by atoms with van der Waals surface area (Å²) in [6.45, 7) is 4.80. The Balaban J connectivity index is 0.970. The normalized spacial score (nSPS) is 46.4. The molecule has 1 heterocycles. The van der Waals surface area contributed by atoms with Crippen molar-refractivity contribution in [2.24, 2.45) is 46.3 Å². The molecule has 6 nitrogen and oxygen atoms in total. The summed E-state index contributed by atoms with van der Waals surface area (Å²) in [5.74, 6) is 5.41. The molecule has 1 aliphatic heterocycles. The van der Waals surface area contributed by atoms with E-state index in [1.807, 2.05) is 0 Å². The second-order valence-electron chi connectivity index (χ2n) is 14.2. The number of nitrogens with zero attached hydrogens (tertiary/aromatic N) is 2. The molecule has 8 aliphatic carbocycles. The average molecular weight is 499 g/mol. The summed E-state index contributed by atoms with van der Waals surface area (Å²) in [5.41, 5.74) is -0.209. The number of amides is 2. The van der Waals surface area contributed by atoms with Gasteiger partial charge in [0, 0.05) is 26.2 Å². The van der Waals surface area contributed by atoms with Gasteiger partial charge < -0.3 is 19.3 Å². The van der Waals surface area contributed by atoms with Gasteiger partial charge in [0.25, 0.3) is 0 Å². The lowest BCUT2D eigenvalue weighted by Crippen LogP contribution is -2.56. The molecule has 0 radical (unpaired) electrons. The number of carbonyl (C=O) groups is 2. The molecule has 36 heavy (non-hydrogen) atoms. The lowest BCUT2D eigenvalue weighted by Gasteiger charge is -2.56. The number of hydrogen-bond acceptors (Lipinski definition) is 4. The molecule has 8 saturated carbocycles. The number of ether oxygens (including phenoxy) is 2. The van der Waals surface area contributed by atoms with Gasteiger partial charge in [0.2, 0.25) is 11.8 Å². The van der Waals surface area contributed by atoms with Gasteiger partial charge in [-0.1, -0.05) is 0 Å². The molecular weight excluding hydrogens is 452 g/mol. The van der Waals surface area contributed by atoms with E-state index in [-0.39, 0.29) is 10.8 Å². The van der Waals surface area contributed by atoms with Crippen molar-refractivity contribution >= 4 is 11.8 Å². The van der Waals surface area contributed by atoms with E-state index in [1.165, 1.54) is 38.5 Å². The molecule has 0 atom stereocenters. The highest BCUT2D eigenvalue weighted by atomic mass is 16.5. The van der Waals surface area contributed by atoms with Crippen LogP contribution in [0, 0.1) is 46.3 Å².